The molecule has 0 radical (unpaired) electrons. The molecular weight excluding hydrogens is 346 g/mol. The summed E-state index contributed by atoms with van der Waals surface area (Å²) in [4.78, 5) is 19.2. The Morgan fingerprint density at radius 3 is 2.92 bits per heavy atom. The highest BCUT2D eigenvalue weighted by Gasteiger charge is 2.22. The standard InChI is InChI=1S/C21H26ClN3O/c1-2-19-8-3-4-13-25(19)20-10-9-17(15-24-20)21(26)23-12-11-16-6-5-7-18(22)14-16/h5-7,9-10,14-15,19H,2-4,8,11-13H2,1H3,(H,23,26). The number of benzene rings is 1. The Hall–Kier alpha value is -2.07. The average Bonchev–Trinajstić information content (AvgIpc) is 2.68. The van der Waals surface area contributed by atoms with Gasteiger partial charge in [0.1, 0.15) is 5.82 Å². The van der Waals surface area contributed by atoms with E-state index in [9.17, 15) is 4.79 Å². The number of hydrogen-bond donors (Lipinski definition) is 1. The van der Waals surface area contributed by atoms with Crippen LogP contribution in [-0.2, 0) is 6.42 Å². The van der Waals surface area contributed by atoms with Crippen LogP contribution in [0, 0.1) is 0 Å². The molecule has 0 saturated carbocycles. The molecule has 0 bridgehead atoms. The van der Waals surface area contributed by atoms with Crippen molar-refractivity contribution in [3.63, 3.8) is 0 Å². The van der Waals surface area contributed by atoms with Crippen LogP contribution in [0.2, 0.25) is 5.02 Å². The number of hydrogen-bond acceptors (Lipinski definition) is 3. The maximum Gasteiger partial charge on any atom is 0.252 e. The maximum absolute atomic E-state index is 12.3. The van der Waals surface area contributed by atoms with Gasteiger partial charge in [-0.2, -0.15) is 0 Å². The van der Waals surface area contributed by atoms with E-state index < -0.39 is 0 Å². The van der Waals surface area contributed by atoms with Crippen LogP contribution in [0.3, 0.4) is 0 Å². The summed E-state index contributed by atoms with van der Waals surface area (Å²) in [5.41, 5.74) is 1.71. The molecule has 1 aliphatic heterocycles. The Morgan fingerprint density at radius 1 is 1.31 bits per heavy atom. The lowest BCUT2D eigenvalue weighted by Gasteiger charge is -2.36. The van der Waals surface area contributed by atoms with Crippen LogP contribution in [0.4, 0.5) is 5.82 Å². The molecule has 4 nitrogen and oxygen atoms in total. The summed E-state index contributed by atoms with van der Waals surface area (Å²) in [6.45, 7) is 3.85. The fraction of sp³-hybridized carbons (Fsp3) is 0.429. The lowest BCUT2D eigenvalue weighted by atomic mass is 10.00. The number of rotatable bonds is 6. The number of halogens is 1. The molecule has 1 amide bonds. The molecule has 0 spiro atoms. The molecule has 1 aliphatic rings. The molecule has 1 unspecified atom stereocenters. The number of aromatic nitrogens is 1. The van der Waals surface area contributed by atoms with E-state index in [0.717, 1.165) is 35.8 Å². The van der Waals surface area contributed by atoms with Gasteiger partial charge in [-0.05, 0) is 61.9 Å². The largest absolute Gasteiger partial charge is 0.354 e. The predicted molar refractivity (Wildman–Crippen MR) is 107 cm³/mol. The van der Waals surface area contributed by atoms with Gasteiger partial charge in [0.25, 0.3) is 5.91 Å². The van der Waals surface area contributed by atoms with Gasteiger partial charge < -0.3 is 10.2 Å². The van der Waals surface area contributed by atoms with Gasteiger partial charge in [0, 0.05) is 30.4 Å². The van der Waals surface area contributed by atoms with E-state index in [1.165, 1.54) is 19.3 Å². The minimum absolute atomic E-state index is 0.0863. The van der Waals surface area contributed by atoms with E-state index in [1.54, 1.807) is 6.20 Å². The van der Waals surface area contributed by atoms with Crippen molar-refractivity contribution in [1.29, 1.82) is 0 Å². The number of nitrogens with one attached hydrogen (secondary N) is 1. The Balaban J connectivity index is 1.55. The van der Waals surface area contributed by atoms with Gasteiger partial charge in [0.05, 0.1) is 5.56 Å². The van der Waals surface area contributed by atoms with Gasteiger partial charge in [-0.3, -0.25) is 4.79 Å². The molecule has 26 heavy (non-hydrogen) atoms. The average molecular weight is 372 g/mol. The smallest absolute Gasteiger partial charge is 0.252 e. The lowest BCUT2D eigenvalue weighted by Crippen LogP contribution is -2.39. The van der Waals surface area contributed by atoms with Crippen LogP contribution in [-0.4, -0.2) is 30.0 Å². The Bertz CT molecular complexity index is 732. The zero-order chi connectivity index (χ0) is 18.4. The first-order valence-corrected chi connectivity index (χ1v) is 9.80. The number of piperidine rings is 1. The van der Waals surface area contributed by atoms with Crippen molar-refractivity contribution in [2.75, 3.05) is 18.0 Å². The van der Waals surface area contributed by atoms with Crippen LogP contribution in [0.15, 0.2) is 42.6 Å². The summed E-state index contributed by atoms with van der Waals surface area (Å²) in [5.74, 6) is 0.892. The van der Waals surface area contributed by atoms with E-state index >= 15 is 0 Å². The molecule has 138 valence electrons. The third kappa shape index (κ3) is 4.76. The minimum atomic E-state index is -0.0863. The molecule has 5 heteroatoms. The maximum atomic E-state index is 12.3. The van der Waals surface area contributed by atoms with Crippen LogP contribution in [0.1, 0.15) is 48.5 Å². The number of anilines is 1. The summed E-state index contributed by atoms with van der Waals surface area (Å²) in [5, 5.41) is 3.67. The van der Waals surface area contributed by atoms with Crippen molar-refractivity contribution in [2.24, 2.45) is 0 Å². The fourth-order valence-corrected chi connectivity index (χ4v) is 3.74. The van der Waals surface area contributed by atoms with E-state index in [-0.39, 0.29) is 5.91 Å². The van der Waals surface area contributed by atoms with Crippen LogP contribution < -0.4 is 10.2 Å². The Morgan fingerprint density at radius 2 is 2.19 bits per heavy atom. The Labute approximate surface area is 160 Å². The second-order valence-electron chi connectivity index (χ2n) is 6.79. The van der Waals surface area contributed by atoms with Crippen LogP contribution in [0.25, 0.3) is 0 Å². The Kier molecular flexibility index (Phi) is 6.51. The third-order valence-corrected chi connectivity index (χ3v) is 5.23. The molecule has 1 aromatic carbocycles. The van der Waals surface area contributed by atoms with Crippen molar-refractivity contribution in [3.05, 3.63) is 58.7 Å². The number of carbonyl (C=O) groups excluding carboxylic acids is 1. The van der Waals surface area contributed by atoms with E-state index in [2.05, 4.69) is 22.1 Å². The van der Waals surface area contributed by atoms with Gasteiger partial charge in [-0.1, -0.05) is 30.7 Å². The highest BCUT2D eigenvalue weighted by Crippen LogP contribution is 2.24. The van der Waals surface area contributed by atoms with Crippen molar-refractivity contribution in [3.8, 4) is 0 Å². The summed E-state index contributed by atoms with van der Waals surface area (Å²) in [6, 6.07) is 12.1. The first kappa shape index (κ1) is 18.7. The zero-order valence-electron chi connectivity index (χ0n) is 15.2. The topological polar surface area (TPSA) is 45.2 Å². The van der Waals surface area contributed by atoms with Gasteiger partial charge in [-0.15, -0.1) is 0 Å². The molecule has 3 rings (SSSR count). The second-order valence-corrected chi connectivity index (χ2v) is 7.23. The number of amides is 1. The van der Waals surface area contributed by atoms with Gasteiger partial charge in [0.15, 0.2) is 0 Å². The highest BCUT2D eigenvalue weighted by molar-refractivity contribution is 6.30. The van der Waals surface area contributed by atoms with Crippen molar-refractivity contribution < 1.29 is 4.79 Å². The van der Waals surface area contributed by atoms with Crippen LogP contribution in [0.5, 0.6) is 0 Å². The molecule has 2 heterocycles. The third-order valence-electron chi connectivity index (χ3n) is 4.99. The van der Waals surface area contributed by atoms with E-state index in [0.29, 0.717) is 18.2 Å². The predicted octanol–water partition coefficient (Wildman–Crippen LogP) is 4.48. The molecule has 0 aliphatic carbocycles. The number of nitrogens with zero attached hydrogens (tertiary/aromatic N) is 2. The zero-order valence-corrected chi connectivity index (χ0v) is 16.0. The van der Waals surface area contributed by atoms with Gasteiger partial charge >= 0.3 is 0 Å². The summed E-state index contributed by atoms with van der Waals surface area (Å²) in [7, 11) is 0. The summed E-state index contributed by atoms with van der Waals surface area (Å²) < 4.78 is 0. The number of pyridine rings is 1. The van der Waals surface area contributed by atoms with Gasteiger partial charge in [-0.25, -0.2) is 4.98 Å². The molecule has 2 aromatic rings. The second kappa shape index (κ2) is 9.04. The lowest BCUT2D eigenvalue weighted by molar-refractivity contribution is 0.0954. The van der Waals surface area contributed by atoms with E-state index in [4.69, 9.17) is 11.6 Å². The summed E-state index contributed by atoms with van der Waals surface area (Å²) >= 11 is 5.98. The molecular formula is C21H26ClN3O. The molecule has 1 N–H and O–H groups in total. The SMILES string of the molecule is CCC1CCCCN1c1ccc(C(=O)NCCc2cccc(Cl)c2)cn1. The molecule has 1 aromatic heterocycles. The van der Waals surface area contributed by atoms with Crippen molar-refractivity contribution >= 4 is 23.3 Å². The van der Waals surface area contributed by atoms with Crippen molar-refractivity contribution in [1.82, 2.24) is 10.3 Å². The first-order chi connectivity index (χ1) is 12.7. The molecule has 1 saturated heterocycles. The van der Waals surface area contributed by atoms with Gasteiger partial charge in [0.2, 0.25) is 0 Å². The van der Waals surface area contributed by atoms with Crippen molar-refractivity contribution in [2.45, 2.75) is 45.1 Å². The fourth-order valence-electron chi connectivity index (χ4n) is 3.53. The summed E-state index contributed by atoms with van der Waals surface area (Å²) in [6.07, 6.45) is 7.30. The minimum Gasteiger partial charge on any atom is -0.354 e. The van der Waals surface area contributed by atoms with Crippen LogP contribution >= 0.6 is 11.6 Å². The number of carbonyl (C=O) groups is 1. The molecule has 1 fully saturated rings. The normalized spacial score (nSPS) is 17.2. The van der Waals surface area contributed by atoms with E-state index in [1.807, 2.05) is 36.4 Å². The molecule has 1 atom stereocenters. The quantitative estimate of drug-likeness (QED) is 0.814. The first-order valence-electron chi connectivity index (χ1n) is 9.42. The highest BCUT2D eigenvalue weighted by atomic mass is 35.5. The monoisotopic (exact) mass is 371 g/mol.